The second-order valence-electron chi connectivity index (χ2n) is 9.55. The number of ether oxygens (including phenoxy) is 1. The molecular formula is C28H56O4Si. The van der Waals surface area contributed by atoms with Crippen LogP contribution in [0.25, 0.3) is 0 Å². The van der Waals surface area contributed by atoms with Crippen LogP contribution in [0.2, 0.25) is 12.6 Å². The third-order valence-electron chi connectivity index (χ3n) is 6.13. The fraction of sp³-hybridized carbons (Fsp3) is 0.893. The Kier molecular flexibility index (Phi) is 24.0. The lowest BCUT2D eigenvalue weighted by Crippen LogP contribution is -2.39. The monoisotopic (exact) mass is 484 g/mol. The van der Waals surface area contributed by atoms with E-state index in [0.717, 1.165) is 32.1 Å². The quantitative estimate of drug-likeness (QED) is 0.0561. The minimum atomic E-state index is -2.02. The molecule has 0 unspecified atom stereocenters. The van der Waals surface area contributed by atoms with Crippen molar-refractivity contribution < 1.29 is 18.4 Å². The Morgan fingerprint density at radius 2 is 1.06 bits per heavy atom. The molecule has 0 fully saturated rings. The van der Waals surface area contributed by atoms with Crippen molar-refractivity contribution in [2.45, 2.75) is 143 Å². The second-order valence-corrected chi connectivity index (χ2v) is 12.9. The Labute approximate surface area is 207 Å². The van der Waals surface area contributed by atoms with E-state index in [2.05, 4.69) is 20.4 Å². The van der Waals surface area contributed by atoms with Gasteiger partial charge < -0.3 is 13.6 Å². The second kappa shape index (κ2) is 24.5. The normalized spacial score (nSPS) is 12.0. The van der Waals surface area contributed by atoms with Gasteiger partial charge in [0.05, 0.1) is 6.61 Å². The van der Waals surface area contributed by atoms with E-state index >= 15 is 0 Å². The number of carbonyl (C=O) groups is 1. The van der Waals surface area contributed by atoms with Crippen molar-refractivity contribution in [3.8, 4) is 0 Å². The molecule has 0 rings (SSSR count). The summed E-state index contributed by atoms with van der Waals surface area (Å²) in [6.45, 7) is 10.9. The molecule has 0 radical (unpaired) electrons. The molecule has 0 aromatic rings. The van der Waals surface area contributed by atoms with Gasteiger partial charge in [-0.05, 0) is 38.8 Å². The summed E-state index contributed by atoms with van der Waals surface area (Å²) in [5.74, 6) is -0.222. The number of allylic oxidation sites excluding steroid dienone is 1. The van der Waals surface area contributed by atoms with Crippen LogP contribution in [0.1, 0.15) is 130 Å². The van der Waals surface area contributed by atoms with Crippen LogP contribution in [0.15, 0.2) is 12.2 Å². The van der Waals surface area contributed by atoms with Crippen LogP contribution in [0.5, 0.6) is 0 Å². The molecule has 0 aliphatic rings. The van der Waals surface area contributed by atoms with E-state index in [9.17, 15) is 4.79 Å². The number of carbonyl (C=O) groups excluding carboxylic acids is 1. The molecule has 0 aliphatic carbocycles. The van der Waals surface area contributed by atoms with Crippen LogP contribution in [-0.2, 0) is 18.4 Å². The average molecular weight is 485 g/mol. The molecule has 0 amide bonds. The minimum Gasteiger partial charge on any atom is -0.463 e. The molecule has 196 valence electrons. The first-order valence-electron chi connectivity index (χ1n) is 14.1. The molecular weight excluding hydrogens is 428 g/mol. The zero-order chi connectivity index (χ0) is 24.5. The molecule has 0 N–H and O–H groups in total. The van der Waals surface area contributed by atoms with Crippen LogP contribution in [0.3, 0.4) is 0 Å². The largest absolute Gasteiger partial charge is 0.463 e. The molecule has 5 heteroatoms. The molecule has 0 atom stereocenters. The third kappa shape index (κ3) is 22.9. The lowest BCUT2D eigenvalue weighted by molar-refractivity contribution is -0.137. The highest BCUT2D eigenvalue weighted by atomic mass is 28.4. The SMILES string of the molecule is CC=CC(=O)OCCCCCCCCCCC[Si](C)(OCCCCCC)OCCCCCC. The summed E-state index contributed by atoms with van der Waals surface area (Å²) in [6, 6.07) is 1.14. The topological polar surface area (TPSA) is 44.8 Å². The first-order valence-corrected chi connectivity index (χ1v) is 16.7. The van der Waals surface area contributed by atoms with Crippen molar-refractivity contribution in [1.82, 2.24) is 0 Å². The van der Waals surface area contributed by atoms with Crippen molar-refractivity contribution in [3.05, 3.63) is 12.2 Å². The Hall–Kier alpha value is -0.653. The summed E-state index contributed by atoms with van der Waals surface area (Å²) in [5, 5.41) is 0. The first kappa shape index (κ1) is 32.3. The molecule has 0 spiro atoms. The highest BCUT2D eigenvalue weighted by Crippen LogP contribution is 2.21. The van der Waals surface area contributed by atoms with Gasteiger partial charge in [-0.15, -0.1) is 0 Å². The van der Waals surface area contributed by atoms with Crippen LogP contribution in [0, 0.1) is 0 Å². The van der Waals surface area contributed by atoms with Gasteiger partial charge in [0, 0.05) is 19.3 Å². The lowest BCUT2D eigenvalue weighted by atomic mass is 10.1. The smallest absolute Gasteiger partial charge is 0.334 e. The Bertz CT molecular complexity index is 439. The molecule has 0 heterocycles. The van der Waals surface area contributed by atoms with E-state index in [0.29, 0.717) is 6.61 Å². The van der Waals surface area contributed by atoms with Gasteiger partial charge in [-0.2, -0.15) is 0 Å². The molecule has 0 bridgehead atoms. The zero-order valence-electron chi connectivity index (χ0n) is 22.6. The van der Waals surface area contributed by atoms with E-state index in [1.165, 1.54) is 102 Å². The van der Waals surface area contributed by atoms with E-state index in [1.807, 2.05) is 6.92 Å². The molecule has 0 saturated carbocycles. The van der Waals surface area contributed by atoms with E-state index in [4.69, 9.17) is 13.6 Å². The first-order chi connectivity index (χ1) is 16.1. The van der Waals surface area contributed by atoms with Gasteiger partial charge in [0.15, 0.2) is 0 Å². The summed E-state index contributed by atoms with van der Waals surface area (Å²) >= 11 is 0. The summed E-state index contributed by atoms with van der Waals surface area (Å²) in [4.78, 5) is 11.2. The van der Waals surface area contributed by atoms with E-state index < -0.39 is 8.56 Å². The van der Waals surface area contributed by atoms with Gasteiger partial charge >= 0.3 is 14.5 Å². The van der Waals surface area contributed by atoms with Crippen molar-refractivity contribution >= 4 is 14.5 Å². The Balaban J connectivity index is 3.83. The molecule has 33 heavy (non-hydrogen) atoms. The number of rotatable bonds is 25. The van der Waals surface area contributed by atoms with Crippen molar-refractivity contribution in [2.24, 2.45) is 0 Å². The van der Waals surface area contributed by atoms with E-state index in [-0.39, 0.29) is 5.97 Å². The van der Waals surface area contributed by atoms with Crippen LogP contribution >= 0.6 is 0 Å². The van der Waals surface area contributed by atoms with Crippen LogP contribution < -0.4 is 0 Å². The van der Waals surface area contributed by atoms with Gasteiger partial charge in [-0.3, -0.25) is 0 Å². The summed E-state index contributed by atoms with van der Waals surface area (Å²) < 4.78 is 17.9. The van der Waals surface area contributed by atoms with Gasteiger partial charge in [0.2, 0.25) is 0 Å². The number of hydrogen-bond acceptors (Lipinski definition) is 4. The molecule has 0 aromatic carbocycles. The van der Waals surface area contributed by atoms with Crippen molar-refractivity contribution in [3.63, 3.8) is 0 Å². The predicted octanol–water partition coefficient (Wildman–Crippen LogP) is 8.88. The maximum Gasteiger partial charge on any atom is 0.334 e. The number of unbranched alkanes of at least 4 members (excludes halogenated alkanes) is 14. The fourth-order valence-corrected chi connectivity index (χ4v) is 6.38. The molecule has 0 aromatic heterocycles. The Morgan fingerprint density at radius 3 is 1.55 bits per heavy atom. The van der Waals surface area contributed by atoms with Crippen molar-refractivity contribution in [1.29, 1.82) is 0 Å². The fourth-order valence-electron chi connectivity index (χ4n) is 3.96. The lowest BCUT2D eigenvalue weighted by Gasteiger charge is -2.27. The maximum atomic E-state index is 11.2. The predicted molar refractivity (Wildman–Crippen MR) is 144 cm³/mol. The van der Waals surface area contributed by atoms with Crippen LogP contribution in [0.4, 0.5) is 0 Å². The molecule has 4 nitrogen and oxygen atoms in total. The van der Waals surface area contributed by atoms with E-state index in [1.54, 1.807) is 6.08 Å². The average Bonchev–Trinajstić information content (AvgIpc) is 2.80. The van der Waals surface area contributed by atoms with Gasteiger partial charge in [0.25, 0.3) is 0 Å². The maximum absolute atomic E-state index is 11.2. The standard InChI is InChI=1S/C28H56O4Si/c1-5-8-10-20-25-31-33(4,32-26-21-11-9-6-2)27-22-18-16-14-12-13-15-17-19-24-30-28(29)23-7-3/h7,23H,5-6,8-22,24-27H2,1-4H3. The molecule has 0 aliphatic heterocycles. The zero-order valence-corrected chi connectivity index (χ0v) is 23.6. The number of hydrogen-bond donors (Lipinski definition) is 0. The third-order valence-corrected chi connectivity index (χ3v) is 9.02. The number of esters is 1. The highest BCUT2D eigenvalue weighted by Gasteiger charge is 2.30. The molecule has 0 saturated heterocycles. The summed E-state index contributed by atoms with van der Waals surface area (Å²) in [6.07, 6.45) is 24.4. The van der Waals surface area contributed by atoms with Gasteiger partial charge in [-0.25, -0.2) is 4.79 Å². The summed E-state index contributed by atoms with van der Waals surface area (Å²) in [7, 11) is -2.02. The minimum absolute atomic E-state index is 0.222. The van der Waals surface area contributed by atoms with Gasteiger partial charge in [-0.1, -0.05) is 110 Å². The Morgan fingerprint density at radius 1 is 0.636 bits per heavy atom. The van der Waals surface area contributed by atoms with Gasteiger partial charge in [0.1, 0.15) is 0 Å². The van der Waals surface area contributed by atoms with Crippen LogP contribution in [-0.4, -0.2) is 34.4 Å². The highest BCUT2D eigenvalue weighted by molar-refractivity contribution is 6.66. The summed E-state index contributed by atoms with van der Waals surface area (Å²) in [5.41, 5.74) is 0. The van der Waals surface area contributed by atoms with Crippen molar-refractivity contribution in [2.75, 3.05) is 19.8 Å².